The van der Waals surface area contributed by atoms with Gasteiger partial charge in [-0.15, -0.1) is 0 Å². The number of nitrogens with one attached hydrogen (secondary N) is 2. The maximum absolute atomic E-state index is 7.22. The number of nitrogens with zero attached hydrogens (tertiary/aromatic N) is 2. The summed E-state index contributed by atoms with van der Waals surface area (Å²) in [6, 6.07) is 32.6. The molecule has 0 saturated carbocycles. The van der Waals surface area contributed by atoms with Crippen LogP contribution in [0, 0.1) is 0 Å². The highest BCUT2D eigenvalue weighted by atomic mass is 16.5. The van der Waals surface area contributed by atoms with Crippen molar-refractivity contribution in [1.82, 2.24) is 19.9 Å². The first-order chi connectivity index (χ1) is 51.2. The Hall–Kier alpha value is -8.12. The van der Waals surface area contributed by atoms with Crippen LogP contribution < -0.4 is 41.9 Å². The van der Waals surface area contributed by atoms with Gasteiger partial charge >= 0.3 is 0 Å². The molecule has 0 spiro atoms. The molecule has 2 aliphatic heterocycles. The largest absolute Gasteiger partial charge is 0.494 e. The van der Waals surface area contributed by atoms with E-state index in [2.05, 4.69) is 110 Å². The molecule has 0 amide bonds. The van der Waals surface area contributed by atoms with Crippen LogP contribution in [0.15, 0.2) is 97.1 Å². The number of hydrogen-bond acceptors (Lipinski definition) is 10. The summed E-state index contributed by atoms with van der Waals surface area (Å²) in [5, 5.41) is 0. The molecule has 0 aliphatic carbocycles. The summed E-state index contributed by atoms with van der Waals surface area (Å²) >= 11 is 0. The monoisotopic (exact) mass is 1410 g/mol. The third-order valence-corrected chi connectivity index (χ3v) is 21.0. The molecule has 3 aromatic heterocycles. The summed E-state index contributed by atoms with van der Waals surface area (Å²) in [5.41, 5.74) is 43.7. The van der Waals surface area contributed by atoms with Gasteiger partial charge in [0.25, 0.3) is 0 Å². The fourth-order valence-electron chi connectivity index (χ4n) is 14.8. The predicted octanol–water partition coefficient (Wildman–Crippen LogP) is 26.9. The molecule has 4 aromatic carbocycles. The van der Waals surface area contributed by atoms with Crippen LogP contribution in [-0.4, -0.2) is 46.4 Å². The average Bonchev–Trinajstić information content (AvgIpc) is 1.60. The minimum Gasteiger partial charge on any atom is -0.494 e. The van der Waals surface area contributed by atoms with Crippen molar-refractivity contribution >= 4 is 69.1 Å². The molecule has 0 radical (unpaired) electrons. The van der Waals surface area contributed by atoms with Gasteiger partial charge < -0.3 is 51.9 Å². The Morgan fingerprint density at radius 3 is 0.615 bits per heavy atom. The van der Waals surface area contributed by atoms with Crippen molar-refractivity contribution in [2.24, 2.45) is 0 Å². The van der Waals surface area contributed by atoms with E-state index in [-0.39, 0.29) is 0 Å². The number of fused-ring (bicyclic) bond motifs is 8. The third-order valence-electron chi connectivity index (χ3n) is 21.0. The molecule has 12 heteroatoms. The molecule has 0 unspecified atom stereocenters. The number of H-pyrrole nitrogens is 2. The van der Waals surface area contributed by atoms with Crippen molar-refractivity contribution < 1.29 is 18.9 Å². The Balaban J connectivity index is 1.15. The van der Waals surface area contributed by atoms with E-state index in [1.807, 2.05) is 48.5 Å². The molecular formula is C92H130N8O4. The highest BCUT2D eigenvalue weighted by Crippen LogP contribution is 2.44. The Labute approximate surface area is 625 Å². The van der Waals surface area contributed by atoms with E-state index in [1.165, 1.54) is 205 Å². The highest BCUT2D eigenvalue weighted by Gasteiger charge is 2.23. The van der Waals surface area contributed by atoms with Crippen molar-refractivity contribution in [2.75, 3.05) is 49.4 Å². The summed E-state index contributed by atoms with van der Waals surface area (Å²) < 4.78 is 26.5. The predicted molar refractivity (Wildman–Crippen MR) is 448 cm³/mol. The summed E-state index contributed by atoms with van der Waals surface area (Å²) in [7, 11) is 0. The zero-order chi connectivity index (χ0) is 72.8. The second-order valence-corrected chi connectivity index (χ2v) is 29.6. The topological polar surface area (TPSA) is 198 Å². The fourth-order valence-corrected chi connectivity index (χ4v) is 14.8. The average molecular weight is 1410 g/mol. The number of aromatic amines is 2. The number of ether oxygens (including phenoxy) is 4. The van der Waals surface area contributed by atoms with Gasteiger partial charge in [-0.2, -0.15) is 0 Å². The van der Waals surface area contributed by atoms with Crippen LogP contribution >= 0.6 is 0 Å². The first kappa shape index (κ1) is 80.0. The van der Waals surface area contributed by atoms with Gasteiger partial charge in [-0.05, 0) is 147 Å². The van der Waals surface area contributed by atoms with Crippen molar-refractivity contribution in [3.63, 3.8) is 0 Å². The van der Waals surface area contributed by atoms with Gasteiger partial charge in [-0.25, -0.2) is 9.97 Å². The Morgan fingerprint density at radius 1 is 0.240 bits per heavy atom. The zero-order valence-corrected chi connectivity index (χ0v) is 64.5. The molecule has 12 nitrogen and oxygen atoms in total. The van der Waals surface area contributed by atoms with Gasteiger partial charge in [-0.1, -0.05) is 259 Å². The van der Waals surface area contributed by atoms with Crippen molar-refractivity contribution in [3.8, 4) is 67.5 Å². The third kappa shape index (κ3) is 25.0. The van der Waals surface area contributed by atoms with E-state index >= 15 is 0 Å². The van der Waals surface area contributed by atoms with Gasteiger partial charge in [0.05, 0.1) is 49.2 Å². The summed E-state index contributed by atoms with van der Waals surface area (Å²) in [4.78, 5) is 19.2. The second kappa shape index (κ2) is 45.3. The Bertz CT molecular complexity index is 3440. The van der Waals surface area contributed by atoms with Gasteiger partial charge in [0.15, 0.2) is 0 Å². The number of anilines is 4. The first-order valence-electron chi connectivity index (χ1n) is 41.4. The summed E-state index contributed by atoms with van der Waals surface area (Å²) in [6.07, 6.45) is 58.5. The number of nitrogen functional groups attached to an aromatic ring is 4. The molecular weight excluding hydrogens is 1280 g/mol. The standard InChI is InChI=1S/C92H130N8O4/c1-5-9-13-17-21-25-29-33-37-41-61-101-69-45-49-77(93)73(65-69)89-81-53-55-83(97-81)90(74-66-70(46-50-78(74)94)102-62-42-38-34-30-26-22-18-14-10-6-2)85-57-59-87(99-85)92(76-68-72(48-52-80(76)96)104-64-44-40-36-32-28-24-20-16-12-8-4)88-60-58-86(100-88)91(84-56-54-82(89)98-84)75-67-71(47-51-79(75)95)103-63-43-39-35-31-27-23-19-15-11-7-3/h45-60,65-68,97,100H,5-44,61-64,93-96H2,1-4H3. The number of hydrogen-bond donors (Lipinski definition) is 6. The molecule has 8 bridgehead atoms. The van der Waals surface area contributed by atoms with Crippen LogP contribution in [0.3, 0.4) is 0 Å². The van der Waals surface area contributed by atoms with E-state index in [4.69, 9.17) is 51.9 Å². The van der Waals surface area contributed by atoms with Crippen molar-refractivity contribution in [2.45, 2.75) is 285 Å². The van der Waals surface area contributed by atoms with Gasteiger partial charge in [-0.3, -0.25) is 0 Å². The van der Waals surface area contributed by atoms with Gasteiger partial charge in [0, 0.05) is 89.3 Å². The lowest BCUT2D eigenvalue weighted by molar-refractivity contribution is 0.304. The van der Waals surface area contributed by atoms with E-state index in [9.17, 15) is 0 Å². The maximum Gasteiger partial charge on any atom is 0.120 e. The SMILES string of the molecule is CCCCCCCCCCCCOc1ccc(N)c(-c2c3nc(c(-c4cc(OCCCCCCCCCCCC)ccc4N)c4ccc([nH]4)c(-c4cc(OCCCCCCCCCCCC)ccc4N)c4nc(c(-c5cc(OCCCCCCCCCCCC)ccc5N)c5ccc2[nH]5)C=C4)C=C3)c1. The molecule has 562 valence electrons. The number of nitrogens with two attached hydrogens (primary N) is 4. The van der Waals surface area contributed by atoms with Crippen LogP contribution in [0.25, 0.3) is 90.9 Å². The van der Waals surface area contributed by atoms with E-state index in [1.54, 1.807) is 0 Å². The van der Waals surface area contributed by atoms with Crippen LogP contribution in [0.2, 0.25) is 0 Å². The number of aromatic nitrogens is 4. The number of benzene rings is 4. The molecule has 7 aromatic rings. The molecule has 0 fully saturated rings. The normalized spacial score (nSPS) is 11.9. The molecule has 5 heterocycles. The molecule has 0 saturated heterocycles. The van der Waals surface area contributed by atoms with E-state index < -0.39 is 0 Å². The number of unbranched alkanes of at least 4 members (excludes halogenated alkanes) is 36. The van der Waals surface area contributed by atoms with E-state index in [0.717, 1.165) is 141 Å². The molecule has 0 atom stereocenters. The van der Waals surface area contributed by atoms with Crippen LogP contribution in [-0.2, 0) is 0 Å². The zero-order valence-electron chi connectivity index (χ0n) is 64.5. The smallest absolute Gasteiger partial charge is 0.120 e. The lowest BCUT2D eigenvalue weighted by Gasteiger charge is -2.13. The quantitative estimate of drug-likeness (QED) is 0.0158. The van der Waals surface area contributed by atoms with Crippen molar-refractivity contribution in [3.05, 3.63) is 120 Å². The lowest BCUT2D eigenvalue weighted by atomic mass is 10.0. The summed E-state index contributed by atoms with van der Waals surface area (Å²) in [6.45, 7) is 11.6. The van der Waals surface area contributed by atoms with Crippen molar-refractivity contribution in [1.29, 1.82) is 0 Å². The van der Waals surface area contributed by atoms with Gasteiger partial charge in [0.2, 0.25) is 0 Å². The highest BCUT2D eigenvalue weighted by molar-refractivity contribution is 6.03. The molecule has 9 rings (SSSR count). The van der Waals surface area contributed by atoms with Gasteiger partial charge in [0.1, 0.15) is 23.0 Å². The fraction of sp³-hybridized carbons (Fsp3) is 0.522. The summed E-state index contributed by atoms with van der Waals surface area (Å²) in [5.74, 6) is 3.00. The van der Waals surface area contributed by atoms with Crippen LogP contribution in [0.4, 0.5) is 22.7 Å². The minimum absolute atomic E-state index is 0.592. The Kier molecular flexibility index (Phi) is 34.8. The van der Waals surface area contributed by atoms with Crippen LogP contribution in [0.1, 0.15) is 307 Å². The molecule has 10 N–H and O–H groups in total. The molecule has 104 heavy (non-hydrogen) atoms. The second-order valence-electron chi connectivity index (χ2n) is 29.6. The van der Waals surface area contributed by atoms with Crippen LogP contribution in [0.5, 0.6) is 23.0 Å². The molecule has 2 aliphatic rings. The van der Waals surface area contributed by atoms with E-state index in [0.29, 0.717) is 72.0 Å². The lowest BCUT2D eigenvalue weighted by Crippen LogP contribution is -2.00. The first-order valence-corrected chi connectivity index (χ1v) is 41.4. The minimum atomic E-state index is 0.592. The Morgan fingerprint density at radius 2 is 0.423 bits per heavy atom. The maximum atomic E-state index is 7.22. The number of rotatable bonds is 52.